The van der Waals surface area contributed by atoms with Gasteiger partial charge in [0.1, 0.15) is 5.78 Å². The van der Waals surface area contributed by atoms with Gasteiger partial charge < -0.3 is 4.74 Å². The molecule has 0 aromatic carbocycles. The Kier molecular flexibility index (Phi) is 7.96. The number of Topliss-reactive ketones (excluding diaryl/α,β-unsaturated/α-hetero) is 1. The first kappa shape index (κ1) is 14.1. The average molecular weight is 214 g/mol. The van der Waals surface area contributed by atoms with Crippen LogP contribution in [0.3, 0.4) is 0 Å². The topological polar surface area (TPSA) is 43.4 Å². The first-order valence-electron chi connectivity index (χ1n) is 5.80. The van der Waals surface area contributed by atoms with Crippen LogP contribution in [0.25, 0.3) is 0 Å². The molecule has 0 spiro atoms. The van der Waals surface area contributed by atoms with Crippen LogP contribution < -0.4 is 0 Å². The van der Waals surface area contributed by atoms with E-state index in [9.17, 15) is 9.59 Å². The number of ether oxygens (including phenoxy) is 1. The predicted octanol–water partition coefficient (Wildman–Crippen LogP) is 2.73. The van der Waals surface area contributed by atoms with Crippen molar-refractivity contribution >= 4 is 11.8 Å². The molecule has 0 fully saturated rings. The zero-order chi connectivity index (χ0) is 11.7. The lowest BCUT2D eigenvalue weighted by Crippen LogP contribution is -2.14. The van der Waals surface area contributed by atoms with Gasteiger partial charge in [0, 0.05) is 12.3 Å². The SMILES string of the molecule is CCCOC(=O)CCC(=O)C(C)CCC. The number of carbonyl (C=O) groups excluding carboxylic acids is 2. The van der Waals surface area contributed by atoms with Crippen LogP contribution in [0.2, 0.25) is 0 Å². The first-order chi connectivity index (χ1) is 7.11. The minimum absolute atomic E-state index is 0.0778. The first-order valence-corrected chi connectivity index (χ1v) is 5.80. The highest BCUT2D eigenvalue weighted by Gasteiger charge is 2.13. The third-order valence-corrected chi connectivity index (χ3v) is 2.31. The molecule has 15 heavy (non-hydrogen) atoms. The van der Waals surface area contributed by atoms with E-state index in [1.54, 1.807) is 0 Å². The van der Waals surface area contributed by atoms with Crippen LogP contribution in [0.15, 0.2) is 0 Å². The number of carbonyl (C=O) groups is 2. The highest BCUT2D eigenvalue weighted by Crippen LogP contribution is 2.10. The van der Waals surface area contributed by atoms with Crippen molar-refractivity contribution < 1.29 is 14.3 Å². The standard InChI is InChI=1S/C12H22O3/c1-4-6-10(3)11(13)7-8-12(14)15-9-5-2/h10H,4-9H2,1-3H3. The fourth-order valence-corrected chi connectivity index (χ4v) is 1.35. The quantitative estimate of drug-likeness (QED) is 0.583. The van der Waals surface area contributed by atoms with Gasteiger partial charge >= 0.3 is 5.97 Å². The molecule has 0 N–H and O–H groups in total. The summed E-state index contributed by atoms with van der Waals surface area (Å²) in [5.74, 6) is -0.00632. The summed E-state index contributed by atoms with van der Waals surface area (Å²) in [5, 5.41) is 0. The monoisotopic (exact) mass is 214 g/mol. The van der Waals surface area contributed by atoms with Crippen LogP contribution >= 0.6 is 0 Å². The summed E-state index contributed by atoms with van der Waals surface area (Å²) in [5.41, 5.74) is 0. The molecule has 0 aliphatic rings. The second-order valence-corrected chi connectivity index (χ2v) is 3.88. The van der Waals surface area contributed by atoms with Crippen molar-refractivity contribution in [1.82, 2.24) is 0 Å². The second-order valence-electron chi connectivity index (χ2n) is 3.88. The fraction of sp³-hybridized carbons (Fsp3) is 0.833. The Labute approximate surface area is 92.2 Å². The summed E-state index contributed by atoms with van der Waals surface area (Å²) in [6, 6.07) is 0. The number of hydrogen-bond donors (Lipinski definition) is 0. The van der Waals surface area contributed by atoms with Gasteiger partial charge in [-0.25, -0.2) is 0 Å². The van der Waals surface area contributed by atoms with E-state index in [4.69, 9.17) is 4.74 Å². The van der Waals surface area contributed by atoms with Gasteiger partial charge in [0.2, 0.25) is 0 Å². The van der Waals surface area contributed by atoms with E-state index >= 15 is 0 Å². The van der Waals surface area contributed by atoms with Gasteiger partial charge in [-0.05, 0) is 12.8 Å². The van der Waals surface area contributed by atoms with Gasteiger partial charge in [-0.1, -0.05) is 27.2 Å². The molecule has 3 nitrogen and oxygen atoms in total. The van der Waals surface area contributed by atoms with E-state index < -0.39 is 0 Å². The zero-order valence-electron chi connectivity index (χ0n) is 10.0. The van der Waals surface area contributed by atoms with Crippen molar-refractivity contribution in [3.05, 3.63) is 0 Å². The van der Waals surface area contributed by atoms with Crippen LogP contribution in [0.5, 0.6) is 0 Å². The normalized spacial score (nSPS) is 12.2. The van der Waals surface area contributed by atoms with Gasteiger partial charge in [0.25, 0.3) is 0 Å². The Balaban J connectivity index is 3.65. The van der Waals surface area contributed by atoms with E-state index in [-0.39, 0.29) is 24.1 Å². The summed E-state index contributed by atoms with van der Waals surface area (Å²) in [7, 11) is 0. The minimum atomic E-state index is -0.256. The largest absolute Gasteiger partial charge is 0.466 e. The Bertz CT molecular complexity index is 199. The third kappa shape index (κ3) is 7.11. The summed E-state index contributed by atoms with van der Waals surface area (Å²) in [6.45, 7) is 6.38. The number of ketones is 1. The maximum atomic E-state index is 11.5. The molecular formula is C12H22O3. The highest BCUT2D eigenvalue weighted by atomic mass is 16.5. The third-order valence-electron chi connectivity index (χ3n) is 2.31. The molecule has 0 amide bonds. The predicted molar refractivity (Wildman–Crippen MR) is 59.6 cm³/mol. The average Bonchev–Trinajstić information content (AvgIpc) is 2.23. The van der Waals surface area contributed by atoms with Crippen LogP contribution in [-0.4, -0.2) is 18.4 Å². The summed E-state index contributed by atoms with van der Waals surface area (Å²) in [4.78, 5) is 22.6. The summed E-state index contributed by atoms with van der Waals surface area (Å²) in [6.07, 6.45) is 3.29. The molecule has 0 heterocycles. The maximum absolute atomic E-state index is 11.5. The maximum Gasteiger partial charge on any atom is 0.306 e. The van der Waals surface area contributed by atoms with Crippen molar-refractivity contribution in [3.63, 3.8) is 0 Å². The lowest BCUT2D eigenvalue weighted by molar-refractivity contribution is -0.145. The van der Waals surface area contributed by atoms with Crippen LogP contribution in [-0.2, 0) is 14.3 Å². The molecule has 3 heteroatoms. The number of hydrogen-bond acceptors (Lipinski definition) is 3. The van der Waals surface area contributed by atoms with Gasteiger partial charge in [-0.2, -0.15) is 0 Å². The van der Waals surface area contributed by atoms with Gasteiger partial charge in [0.15, 0.2) is 0 Å². The molecule has 1 unspecified atom stereocenters. The van der Waals surface area contributed by atoms with E-state index in [1.807, 2.05) is 13.8 Å². The molecule has 0 rings (SSSR count). The molecule has 0 aromatic heterocycles. The molecule has 0 saturated carbocycles. The molecule has 0 aliphatic carbocycles. The van der Waals surface area contributed by atoms with E-state index in [2.05, 4.69) is 6.92 Å². The smallest absolute Gasteiger partial charge is 0.306 e. The zero-order valence-corrected chi connectivity index (χ0v) is 10.0. The van der Waals surface area contributed by atoms with Crippen molar-refractivity contribution in [2.24, 2.45) is 5.92 Å². The molecular weight excluding hydrogens is 192 g/mol. The summed E-state index contributed by atoms with van der Waals surface area (Å²) >= 11 is 0. The Hall–Kier alpha value is -0.860. The van der Waals surface area contributed by atoms with Crippen molar-refractivity contribution in [2.45, 2.75) is 52.9 Å². The highest BCUT2D eigenvalue weighted by molar-refractivity contribution is 5.84. The molecule has 1 atom stereocenters. The molecule has 0 aromatic rings. The molecule has 0 aliphatic heterocycles. The van der Waals surface area contributed by atoms with E-state index in [0.29, 0.717) is 13.0 Å². The number of rotatable bonds is 8. The fourth-order valence-electron chi connectivity index (χ4n) is 1.35. The number of esters is 1. The van der Waals surface area contributed by atoms with Gasteiger partial charge in [-0.15, -0.1) is 0 Å². The Morgan fingerprint density at radius 1 is 1.13 bits per heavy atom. The van der Waals surface area contributed by atoms with Gasteiger partial charge in [-0.3, -0.25) is 9.59 Å². The van der Waals surface area contributed by atoms with Crippen molar-refractivity contribution in [2.75, 3.05) is 6.61 Å². The van der Waals surface area contributed by atoms with Crippen LogP contribution in [0.4, 0.5) is 0 Å². The van der Waals surface area contributed by atoms with E-state index in [0.717, 1.165) is 19.3 Å². The lowest BCUT2D eigenvalue weighted by Gasteiger charge is -2.08. The molecule has 0 saturated heterocycles. The lowest BCUT2D eigenvalue weighted by atomic mass is 9.98. The van der Waals surface area contributed by atoms with E-state index in [1.165, 1.54) is 0 Å². The summed E-state index contributed by atoms with van der Waals surface area (Å²) < 4.78 is 4.89. The molecule has 0 radical (unpaired) electrons. The molecule has 88 valence electrons. The Morgan fingerprint density at radius 2 is 1.80 bits per heavy atom. The second kappa shape index (κ2) is 8.45. The van der Waals surface area contributed by atoms with Crippen LogP contribution in [0, 0.1) is 5.92 Å². The van der Waals surface area contributed by atoms with Crippen molar-refractivity contribution in [1.29, 1.82) is 0 Å². The Morgan fingerprint density at radius 3 is 2.33 bits per heavy atom. The van der Waals surface area contributed by atoms with Crippen molar-refractivity contribution in [3.8, 4) is 0 Å². The van der Waals surface area contributed by atoms with Gasteiger partial charge in [0.05, 0.1) is 13.0 Å². The van der Waals surface area contributed by atoms with Crippen LogP contribution in [0.1, 0.15) is 52.9 Å². The minimum Gasteiger partial charge on any atom is -0.466 e. The molecule has 0 bridgehead atoms.